The molecule has 25 heavy (non-hydrogen) atoms. The van der Waals surface area contributed by atoms with Crippen LogP contribution >= 0.6 is 23.2 Å². The van der Waals surface area contributed by atoms with Crippen LogP contribution in [-0.4, -0.2) is 40.3 Å². The summed E-state index contributed by atoms with van der Waals surface area (Å²) in [6, 6.07) is 4.62. The standard InChI is InChI=1S/C11H7Cl2N3O3.C5H11N/c12-5-2-1-3-6(13)8(5)10(17)15-7-4-14-16-9(7)11(18)19;1-2-4-6-5-3-1/h1-4H,(H,14,16)(H,15,17)(H,18,19);6H,1-5H2. The molecule has 2 aromatic rings. The second-order valence-corrected chi connectivity index (χ2v) is 6.14. The summed E-state index contributed by atoms with van der Waals surface area (Å²) in [6.45, 7) is 2.50. The SMILES string of the molecule is C1CCNCC1.O=C(O)c1[nH]ncc1NC(=O)c1c(Cl)cccc1Cl. The van der Waals surface area contributed by atoms with Crippen molar-refractivity contribution in [2.75, 3.05) is 18.4 Å². The summed E-state index contributed by atoms with van der Waals surface area (Å²) in [5, 5.41) is 20.7. The van der Waals surface area contributed by atoms with Crippen LogP contribution < -0.4 is 10.6 Å². The number of piperidine rings is 1. The second kappa shape index (κ2) is 9.41. The van der Waals surface area contributed by atoms with Gasteiger partial charge in [-0.15, -0.1) is 0 Å². The molecule has 1 aromatic heterocycles. The van der Waals surface area contributed by atoms with Crippen LogP contribution in [-0.2, 0) is 0 Å². The van der Waals surface area contributed by atoms with Gasteiger partial charge in [-0.2, -0.15) is 5.10 Å². The van der Waals surface area contributed by atoms with Crippen molar-refractivity contribution in [3.05, 3.63) is 45.7 Å². The minimum atomic E-state index is -1.24. The van der Waals surface area contributed by atoms with Gasteiger partial charge in [-0.3, -0.25) is 9.89 Å². The highest BCUT2D eigenvalue weighted by Crippen LogP contribution is 2.25. The smallest absolute Gasteiger partial charge is 0.356 e. The summed E-state index contributed by atoms with van der Waals surface area (Å²) in [7, 11) is 0. The van der Waals surface area contributed by atoms with E-state index in [4.69, 9.17) is 28.3 Å². The van der Waals surface area contributed by atoms with Gasteiger partial charge in [0.05, 0.1) is 27.5 Å². The quantitative estimate of drug-likeness (QED) is 0.648. The summed E-state index contributed by atoms with van der Waals surface area (Å²) in [5.41, 5.74) is -0.117. The molecule has 1 aliphatic rings. The molecular formula is C16H18Cl2N4O3. The highest BCUT2D eigenvalue weighted by Gasteiger charge is 2.19. The summed E-state index contributed by atoms with van der Waals surface area (Å²) < 4.78 is 0. The van der Waals surface area contributed by atoms with E-state index in [1.54, 1.807) is 6.07 Å². The maximum Gasteiger partial charge on any atom is 0.356 e. The number of carboxylic acid groups (broad SMARTS) is 1. The van der Waals surface area contributed by atoms with Crippen molar-refractivity contribution in [2.24, 2.45) is 0 Å². The van der Waals surface area contributed by atoms with Crippen molar-refractivity contribution < 1.29 is 14.7 Å². The number of anilines is 1. The number of aromatic amines is 1. The first-order valence-corrected chi connectivity index (χ1v) is 8.49. The molecule has 7 nitrogen and oxygen atoms in total. The fourth-order valence-electron chi connectivity index (χ4n) is 2.25. The average Bonchev–Trinajstić information content (AvgIpc) is 3.05. The molecule has 0 radical (unpaired) electrons. The number of nitrogens with zero attached hydrogens (tertiary/aromatic N) is 1. The van der Waals surface area contributed by atoms with Crippen LogP contribution in [0.3, 0.4) is 0 Å². The normalized spacial score (nSPS) is 13.5. The Morgan fingerprint density at radius 3 is 2.24 bits per heavy atom. The molecule has 1 amide bonds. The maximum atomic E-state index is 12.0. The molecule has 4 N–H and O–H groups in total. The van der Waals surface area contributed by atoms with Crippen LogP contribution in [0.5, 0.6) is 0 Å². The topological polar surface area (TPSA) is 107 Å². The maximum absolute atomic E-state index is 12.0. The number of aromatic carboxylic acids is 1. The van der Waals surface area contributed by atoms with Crippen molar-refractivity contribution in [1.82, 2.24) is 15.5 Å². The number of halogens is 2. The van der Waals surface area contributed by atoms with Gasteiger partial charge in [0, 0.05) is 0 Å². The van der Waals surface area contributed by atoms with Gasteiger partial charge >= 0.3 is 5.97 Å². The van der Waals surface area contributed by atoms with E-state index in [1.165, 1.54) is 50.7 Å². The number of rotatable bonds is 3. The molecule has 0 atom stereocenters. The van der Waals surface area contributed by atoms with Gasteiger partial charge < -0.3 is 15.7 Å². The first-order chi connectivity index (χ1) is 12.0. The molecule has 3 rings (SSSR count). The summed E-state index contributed by atoms with van der Waals surface area (Å²) >= 11 is 11.8. The molecule has 0 unspecified atom stereocenters. The highest BCUT2D eigenvalue weighted by atomic mass is 35.5. The Kier molecular flexibility index (Phi) is 7.24. The van der Waals surface area contributed by atoms with Gasteiger partial charge in [-0.1, -0.05) is 35.7 Å². The molecule has 134 valence electrons. The van der Waals surface area contributed by atoms with E-state index in [1.807, 2.05) is 0 Å². The molecule has 1 aromatic carbocycles. The van der Waals surface area contributed by atoms with E-state index >= 15 is 0 Å². The van der Waals surface area contributed by atoms with Crippen LogP contribution in [0.1, 0.15) is 40.1 Å². The fourth-order valence-corrected chi connectivity index (χ4v) is 2.81. The molecular weight excluding hydrogens is 367 g/mol. The van der Waals surface area contributed by atoms with Crippen LogP contribution in [0.25, 0.3) is 0 Å². The monoisotopic (exact) mass is 384 g/mol. The zero-order chi connectivity index (χ0) is 18.2. The lowest BCUT2D eigenvalue weighted by atomic mass is 10.2. The third-order valence-electron chi connectivity index (χ3n) is 3.50. The van der Waals surface area contributed by atoms with Crippen molar-refractivity contribution in [2.45, 2.75) is 19.3 Å². The predicted molar refractivity (Wildman–Crippen MR) is 96.7 cm³/mol. The lowest BCUT2D eigenvalue weighted by Gasteiger charge is -2.08. The number of carboxylic acids is 1. The molecule has 2 heterocycles. The molecule has 0 aliphatic carbocycles. The number of carbonyl (C=O) groups is 2. The molecule has 1 aliphatic heterocycles. The minimum Gasteiger partial charge on any atom is -0.476 e. The Morgan fingerprint density at radius 2 is 1.76 bits per heavy atom. The van der Waals surface area contributed by atoms with Crippen LogP contribution in [0.4, 0.5) is 5.69 Å². The molecule has 0 saturated carbocycles. The van der Waals surface area contributed by atoms with Gasteiger partial charge in [0.2, 0.25) is 0 Å². The number of hydrogen-bond acceptors (Lipinski definition) is 4. The van der Waals surface area contributed by atoms with E-state index < -0.39 is 11.9 Å². The number of benzene rings is 1. The lowest BCUT2D eigenvalue weighted by molar-refractivity contribution is 0.0691. The molecule has 9 heteroatoms. The highest BCUT2D eigenvalue weighted by molar-refractivity contribution is 6.40. The largest absolute Gasteiger partial charge is 0.476 e. The summed E-state index contributed by atoms with van der Waals surface area (Å²) in [6.07, 6.45) is 5.40. The first kappa shape index (κ1) is 19.2. The number of amides is 1. The zero-order valence-electron chi connectivity index (χ0n) is 13.3. The predicted octanol–water partition coefficient (Wildman–Crippen LogP) is 3.43. The van der Waals surface area contributed by atoms with Crippen molar-refractivity contribution in [3.8, 4) is 0 Å². The van der Waals surface area contributed by atoms with E-state index in [0.717, 1.165) is 0 Å². The minimum absolute atomic E-state index is 0.0356. The van der Waals surface area contributed by atoms with E-state index in [2.05, 4.69) is 20.8 Å². The average molecular weight is 385 g/mol. The lowest BCUT2D eigenvalue weighted by Crippen LogP contribution is -2.21. The van der Waals surface area contributed by atoms with Crippen LogP contribution in [0.2, 0.25) is 10.0 Å². The number of H-pyrrole nitrogens is 1. The molecule has 0 spiro atoms. The Morgan fingerprint density at radius 1 is 1.12 bits per heavy atom. The van der Waals surface area contributed by atoms with E-state index in [-0.39, 0.29) is 27.0 Å². The second-order valence-electron chi connectivity index (χ2n) is 5.33. The van der Waals surface area contributed by atoms with Crippen molar-refractivity contribution in [3.63, 3.8) is 0 Å². The van der Waals surface area contributed by atoms with Gasteiger partial charge in [0.1, 0.15) is 0 Å². The van der Waals surface area contributed by atoms with Crippen molar-refractivity contribution in [1.29, 1.82) is 0 Å². The number of hydrogen-bond donors (Lipinski definition) is 4. The van der Waals surface area contributed by atoms with Gasteiger partial charge in [0.25, 0.3) is 5.91 Å². The zero-order valence-corrected chi connectivity index (χ0v) is 14.8. The molecule has 1 fully saturated rings. The van der Waals surface area contributed by atoms with Crippen LogP contribution in [0, 0.1) is 0 Å². The Bertz CT molecular complexity index is 713. The number of nitrogens with one attached hydrogen (secondary N) is 3. The Balaban J connectivity index is 0.000000316. The summed E-state index contributed by atoms with van der Waals surface area (Å²) in [5.74, 6) is -1.85. The fraction of sp³-hybridized carbons (Fsp3) is 0.312. The molecule has 1 saturated heterocycles. The van der Waals surface area contributed by atoms with E-state index in [0.29, 0.717) is 0 Å². The van der Waals surface area contributed by atoms with E-state index in [9.17, 15) is 9.59 Å². The van der Waals surface area contributed by atoms with Gasteiger partial charge in [0.15, 0.2) is 5.69 Å². The molecule has 0 bridgehead atoms. The third-order valence-corrected chi connectivity index (χ3v) is 4.13. The van der Waals surface area contributed by atoms with Crippen molar-refractivity contribution >= 4 is 40.8 Å². The Labute approximate surface area is 154 Å². The Hall–Kier alpha value is -2.09. The van der Waals surface area contributed by atoms with Gasteiger partial charge in [-0.05, 0) is 38.1 Å². The summed E-state index contributed by atoms with van der Waals surface area (Å²) in [4.78, 5) is 22.9. The first-order valence-electron chi connectivity index (χ1n) is 7.73. The van der Waals surface area contributed by atoms with Crippen LogP contribution in [0.15, 0.2) is 24.4 Å². The van der Waals surface area contributed by atoms with Gasteiger partial charge in [-0.25, -0.2) is 4.79 Å². The third kappa shape index (κ3) is 5.45. The number of aromatic nitrogens is 2. The number of carbonyl (C=O) groups excluding carboxylic acids is 1.